The molecule has 2 rings (SSSR count). The van der Waals surface area contributed by atoms with Crippen LogP contribution >= 0.6 is 0 Å². The molecule has 0 spiro atoms. The van der Waals surface area contributed by atoms with Gasteiger partial charge in [0.05, 0.1) is 12.7 Å². The summed E-state index contributed by atoms with van der Waals surface area (Å²) in [5.74, 6) is 0.789. The maximum absolute atomic E-state index is 6.27. The molecule has 3 heteroatoms. The van der Waals surface area contributed by atoms with Crippen LogP contribution in [0.15, 0.2) is 0 Å². The van der Waals surface area contributed by atoms with Crippen LogP contribution in [0.2, 0.25) is 0 Å². The summed E-state index contributed by atoms with van der Waals surface area (Å²) in [4.78, 5) is 2.58. The third-order valence-electron chi connectivity index (χ3n) is 4.21. The van der Waals surface area contributed by atoms with E-state index >= 15 is 0 Å². The number of morpholine rings is 1. The Labute approximate surface area is 106 Å². The predicted octanol–water partition coefficient (Wildman–Crippen LogP) is 2.00. The van der Waals surface area contributed by atoms with Crippen LogP contribution in [0.1, 0.15) is 46.0 Å². The Morgan fingerprint density at radius 1 is 1.35 bits per heavy atom. The average molecular weight is 240 g/mol. The van der Waals surface area contributed by atoms with Gasteiger partial charge in [0.25, 0.3) is 0 Å². The Morgan fingerprint density at radius 3 is 2.94 bits per heavy atom. The Bertz CT molecular complexity index is 232. The third-order valence-corrected chi connectivity index (χ3v) is 4.21. The molecule has 2 aliphatic rings. The lowest BCUT2D eigenvalue weighted by Gasteiger charge is -2.37. The van der Waals surface area contributed by atoms with Gasteiger partial charge in [-0.1, -0.05) is 26.7 Å². The molecule has 0 amide bonds. The van der Waals surface area contributed by atoms with Gasteiger partial charge in [0.15, 0.2) is 0 Å². The van der Waals surface area contributed by atoms with E-state index in [1.54, 1.807) is 0 Å². The lowest BCUT2D eigenvalue weighted by molar-refractivity contribution is -0.0603. The van der Waals surface area contributed by atoms with Crippen LogP contribution in [-0.2, 0) is 4.74 Å². The van der Waals surface area contributed by atoms with Crippen LogP contribution < -0.4 is 5.73 Å². The Kier molecular flexibility index (Phi) is 4.83. The highest BCUT2D eigenvalue weighted by Gasteiger charge is 2.34. The summed E-state index contributed by atoms with van der Waals surface area (Å²) in [7, 11) is 0. The Hall–Kier alpha value is -0.120. The highest BCUT2D eigenvalue weighted by molar-refractivity contribution is 4.88. The van der Waals surface area contributed by atoms with E-state index in [-0.39, 0.29) is 12.1 Å². The van der Waals surface area contributed by atoms with Gasteiger partial charge in [-0.3, -0.25) is 4.90 Å². The molecule has 2 fully saturated rings. The molecular weight excluding hydrogens is 212 g/mol. The van der Waals surface area contributed by atoms with Crippen LogP contribution in [0.3, 0.4) is 0 Å². The Morgan fingerprint density at radius 2 is 2.18 bits per heavy atom. The highest BCUT2D eigenvalue weighted by Crippen LogP contribution is 2.24. The van der Waals surface area contributed by atoms with Gasteiger partial charge >= 0.3 is 0 Å². The summed E-state index contributed by atoms with van der Waals surface area (Å²) in [6.07, 6.45) is 6.56. The summed E-state index contributed by atoms with van der Waals surface area (Å²) in [5, 5.41) is 0. The molecule has 0 aromatic carbocycles. The van der Waals surface area contributed by atoms with Gasteiger partial charge < -0.3 is 10.5 Å². The van der Waals surface area contributed by atoms with Gasteiger partial charge in [0.1, 0.15) is 0 Å². The second kappa shape index (κ2) is 6.17. The fourth-order valence-electron chi connectivity index (χ4n) is 3.05. The molecule has 0 aromatic rings. The van der Waals surface area contributed by atoms with Crippen LogP contribution in [0.25, 0.3) is 0 Å². The molecule has 17 heavy (non-hydrogen) atoms. The van der Waals surface area contributed by atoms with Crippen molar-refractivity contribution in [1.82, 2.24) is 4.90 Å². The SMILES string of the molecule is CC(C)CCCC(N)C1CN2CCCC2CO1. The zero-order valence-corrected chi connectivity index (χ0v) is 11.4. The van der Waals surface area contributed by atoms with Crippen molar-refractivity contribution < 1.29 is 4.74 Å². The lowest BCUT2D eigenvalue weighted by Crippen LogP contribution is -2.52. The fourth-order valence-corrected chi connectivity index (χ4v) is 3.05. The van der Waals surface area contributed by atoms with E-state index in [0.717, 1.165) is 25.5 Å². The molecule has 2 N–H and O–H groups in total. The van der Waals surface area contributed by atoms with Crippen molar-refractivity contribution in [2.45, 2.75) is 64.1 Å². The number of nitrogens with two attached hydrogens (primary N) is 1. The molecular formula is C14H28N2O. The smallest absolute Gasteiger partial charge is 0.0853 e. The summed E-state index contributed by atoms with van der Waals surface area (Å²) < 4.78 is 5.94. The Balaban J connectivity index is 1.70. The van der Waals surface area contributed by atoms with E-state index in [1.807, 2.05) is 0 Å². The first-order valence-electron chi connectivity index (χ1n) is 7.28. The summed E-state index contributed by atoms with van der Waals surface area (Å²) in [6, 6.07) is 0.921. The molecule has 0 aromatic heterocycles. The monoisotopic (exact) mass is 240 g/mol. The highest BCUT2D eigenvalue weighted by atomic mass is 16.5. The molecule has 3 atom stereocenters. The normalized spacial score (nSPS) is 31.8. The second-order valence-corrected chi connectivity index (χ2v) is 6.15. The molecule has 0 bridgehead atoms. The molecule has 0 radical (unpaired) electrons. The van der Waals surface area contributed by atoms with Gasteiger partial charge in [-0.05, 0) is 31.7 Å². The van der Waals surface area contributed by atoms with Crippen molar-refractivity contribution in [3.63, 3.8) is 0 Å². The molecule has 2 heterocycles. The second-order valence-electron chi connectivity index (χ2n) is 6.15. The zero-order valence-electron chi connectivity index (χ0n) is 11.4. The van der Waals surface area contributed by atoms with Gasteiger partial charge in [0.2, 0.25) is 0 Å². The molecule has 0 aliphatic carbocycles. The van der Waals surface area contributed by atoms with E-state index in [4.69, 9.17) is 10.5 Å². The summed E-state index contributed by atoms with van der Waals surface area (Å²) in [5.41, 5.74) is 6.27. The first-order chi connectivity index (χ1) is 8.16. The minimum Gasteiger partial charge on any atom is -0.374 e. The van der Waals surface area contributed by atoms with E-state index < -0.39 is 0 Å². The zero-order chi connectivity index (χ0) is 12.3. The van der Waals surface area contributed by atoms with Crippen molar-refractivity contribution in [2.75, 3.05) is 19.7 Å². The molecule has 100 valence electrons. The molecule has 2 aliphatic heterocycles. The van der Waals surface area contributed by atoms with E-state index in [0.29, 0.717) is 6.04 Å². The van der Waals surface area contributed by atoms with Gasteiger partial charge in [0, 0.05) is 18.6 Å². The van der Waals surface area contributed by atoms with Crippen molar-refractivity contribution in [3.05, 3.63) is 0 Å². The minimum atomic E-state index is 0.232. The lowest BCUT2D eigenvalue weighted by atomic mass is 9.99. The topological polar surface area (TPSA) is 38.5 Å². The van der Waals surface area contributed by atoms with Crippen LogP contribution in [0.4, 0.5) is 0 Å². The molecule has 3 nitrogen and oxygen atoms in total. The molecule has 0 saturated carbocycles. The van der Waals surface area contributed by atoms with Crippen molar-refractivity contribution in [1.29, 1.82) is 0 Å². The van der Waals surface area contributed by atoms with Gasteiger partial charge in [-0.25, -0.2) is 0 Å². The number of hydrogen-bond donors (Lipinski definition) is 1. The van der Waals surface area contributed by atoms with Crippen LogP contribution in [-0.4, -0.2) is 42.8 Å². The fraction of sp³-hybridized carbons (Fsp3) is 1.00. The molecule has 3 unspecified atom stereocenters. The summed E-state index contributed by atoms with van der Waals surface area (Å²) in [6.45, 7) is 7.77. The first-order valence-corrected chi connectivity index (χ1v) is 7.28. The number of nitrogens with zero attached hydrogens (tertiary/aromatic N) is 1. The van der Waals surface area contributed by atoms with Crippen molar-refractivity contribution >= 4 is 0 Å². The minimum absolute atomic E-state index is 0.232. The van der Waals surface area contributed by atoms with Gasteiger partial charge in [-0.15, -0.1) is 0 Å². The number of hydrogen-bond acceptors (Lipinski definition) is 3. The van der Waals surface area contributed by atoms with E-state index in [2.05, 4.69) is 18.7 Å². The van der Waals surface area contributed by atoms with Crippen molar-refractivity contribution in [3.8, 4) is 0 Å². The standard InChI is InChI=1S/C14H28N2O/c1-11(2)5-3-7-13(15)14-9-16-8-4-6-12(16)10-17-14/h11-14H,3-10,15H2,1-2H3. The van der Waals surface area contributed by atoms with E-state index in [9.17, 15) is 0 Å². The number of fused-ring (bicyclic) bond motifs is 1. The van der Waals surface area contributed by atoms with Crippen LogP contribution in [0.5, 0.6) is 0 Å². The first kappa shape index (κ1) is 13.3. The van der Waals surface area contributed by atoms with Crippen molar-refractivity contribution in [2.24, 2.45) is 11.7 Å². The average Bonchev–Trinajstić information content (AvgIpc) is 2.75. The maximum atomic E-state index is 6.27. The van der Waals surface area contributed by atoms with Gasteiger partial charge in [-0.2, -0.15) is 0 Å². The largest absolute Gasteiger partial charge is 0.374 e. The number of ether oxygens (including phenoxy) is 1. The van der Waals surface area contributed by atoms with E-state index in [1.165, 1.54) is 32.2 Å². The van der Waals surface area contributed by atoms with Crippen LogP contribution in [0, 0.1) is 5.92 Å². The quantitative estimate of drug-likeness (QED) is 0.799. The third kappa shape index (κ3) is 3.67. The predicted molar refractivity (Wildman–Crippen MR) is 71.0 cm³/mol. The number of rotatable bonds is 5. The maximum Gasteiger partial charge on any atom is 0.0853 e. The summed E-state index contributed by atoms with van der Waals surface area (Å²) >= 11 is 0. The molecule has 2 saturated heterocycles.